The van der Waals surface area contributed by atoms with Crippen molar-refractivity contribution in [1.29, 1.82) is 5.26 Å². The van der Waals surface area contributed by atoms with Crippen LogP contribution < -0.4 is 0 Å². The molecule has 0 unspecified atom stereocenters. The molecule has 4 nitrogen and oxygen atoms in total. The zero-order valence-corrected chi connectivity index (χ0v) is 18.7. The number of aryl methyl sites for hydroxylation is 1. The van der Waals surface area contributed by atoms with Crippen molar-refractivity contribution >= 4 is 17.5 Å². The predicted molar refractivity (Wildman–Crippen MR) is 115 cm³/mol. The fourth-order valence-electron chi connectivity index (χ4n) is 3.24. The molecule has 28 heavy (non-hydrogen) atoms. The Morgan fingerprint density at radius 2 is 1.61 bits per heavy atom. The van der Waals surface area contributed by atoms with Crippen molar-refractivity contribution in [2.75, 3.05) is 0 Å². The van der Waals surface area contributed by atoms with Crippen LogP contribution in [-0.2, 0) is 17.4 Å². The molecule has 2 rings (SSSR count). The molecular formula is C23H30N2O2S. The lowest BCUT2D eigenvalue weighted by molar-refractivity contribution is 0.103. The van der Waals surface area contributed by atoms with Crippen LogP contribution in [0.2, 0.25) is 0 Å². The standard InChI is InChI=1S/C23H30N2O2S/c1-8-9-25-13-16(12-19(25)28-14-24)20(26)15-10-17(22(2,3)4)21(27)18(11-15)23(5,6)7/h10-13,27H,8-9H2,1-7H3. The highest BCUT2D eigenvalue weighted by molar-refractivity contribution is 8.03. The molecule has 0 spiro atoms. The summed E-state index contributed by atoms with van der Waals surface area (Å²) >= 11 is 1.07. The topological polar surface area (TPSA) is 66.0 Å². The first-order valence-corrected chi connectivity index (χ1v) is 10.4. The van der Waals surface area contributed by atoms with Gasteiger partial charge in [0.05, 0.1) is 5.03 Å². The molecule has 150 valence electrons. The average molecular weight is 399 g/mol. The number of carbonyl (C=O) groups is 1. The van der Waals surface area contributed by atoms with Gasteiger partial charge in [0, 0.05) is 46.8 Å². The summed E-state index contributed by atoms with van der Waals surface area (Å²) in [6, 6.07) is 5.40. The molecule has 0 saturated heterocycles. The number of phenolic OH excluding ortho intramolecular Hbond substituents is 1. The van der Waals surface area contributed by atoms with E-state index in [1.54, 1.807) is 18.2 Å². The Hall–Kier alpha value is -2.19. The summed E-state index contributed by atoms with van der Waals surface area (Å²) in [4.78, 5) is 13.3. The van der Waals surface area contributed by atoms with Crippen LogP contribution >= 0.6 is 11.8 Å². The lowest BCUT2D eigenvalue weighted by Crippen LogP contribution is -2.19. The Balaban J connectivity index is 2.63. The third kappa shape index (κ3) is 4.62. The second-order valence-corrected chi connectivity index (χ2v) is 10.0. The van der Waals surface area contributed by atoms with E-state index < -0.39 is 0 Å². The van der Waals surface area contributed by atoms with Crippen LogP contribution in [-0.4, -0.2) is 15.5 Å². The normalized spacial score (nSPS) is 12.1. The van der Waals surface area contributed by atoms with Crippen LogP contribution in [0.5, 0.6) is 5.75 Å². The van der Waals surface area contributed by atoms with Crippen LogP contribution in [0.4, 0.5) is 0 Å². The summed E-state index contributed by atoms with van der Waals surface area (Å²) < 4.78 is 1.96. The van der Waals surface area contributed by atoms with Crippen molar-refractivity contribution in [1.82, 2.24) is 4.57 Å². The van der Waals surface area contributed by atoms with E-state index in [4.69, 9.17) is 5.26 Å². The number of thioether (sulfide) groups is 1. The fourth-order valence-corrected chi connectivity index (χ4v) is 3.78. The number of carbonyl (C=O) groups excluding carboxylic acids is 1. The Morgan fingerprint density at radius 1 is 1.07 bits per heavy atom. The molecule has 1 aromatic heterocycles. The first kappa shape index (κ1) is 22.1. The van der Waals surface area contributed by atoms with E-state index in [0.717, 1.165) is 40.9 Å². The van der Waals surface area contributed by atoms with Gasteiger partial charge in [0.15, 0.2) is 5.78 Å². The first-order chi connectivity index (χ1) is 12.9. The van der Waals surface area contributed by atoms with E-state index >= 15 is 0 Å². The fraction of sp³-hybridized carbons (Fsp3) is 0.478. The second kappa shape index (κ2) is 8.05. The molecule has 1 heterocycles. The number of ketones is 1. The lowest BCUT2D eigenvalue weighted by Gasteiger charge is -2.28. The lowest BCUT2D eigenvalue weighted by atomic mass is 9.78. The minimum absolute atomic E-state index is 0.0920. The Morgan fingerprint density at radius 3 is 2.04 bits per heavy atom. The van der Waals surface area contributed by atoms with Gasteiger partial charge in [-0.15, -0.1) is 0 Å². The highest BCUT2D eigenvalue weighted by atomic mass is 32.2. The minimum atomic E-state index is -0.295. The van der Waals surface area contributed by atoms with Gasteiger partial charge < -0.3 is 9.67 Å². The number of rotatable bonds is 5. The Bertz CT molecular complexity index is 887. The molecule has 0 atom stereocenters. The molecule has 1 N–H and O–H groups in total. The van der Waals surface area contributed by atoms with E-state index in [0.29, 0.717) is 11.1 Å². The number of phenols is 1. The maximum atomic E-state index is 13.3. The number of nitrogens with zero attached hydrogens (tertiary/aromatic N) is 2. The van der Waals surface area contributed by atoms with E-state index in [9.17, 15) is 9.90 Å². The van der Waals surface area contributed by atoms with Crippen molar-refractivity contribution in [3.63, 3.8) is 0 Å². The molecule has 0 aliphatic carbocycles. The molecule has 0 saturated carbocycles. The zero-order chi connectivity index (χ0) is 21.3. The molecule has 1 aromatic carbocycles. The van der Waals surface area contributed by atoms with Crippen molar-refractivity contribution in [3.05, 3.63) is 46.6 Å². The summed E-state index contributed by atoms with van der Waals surface area (Å²) in [6.07, 6.45) is 2.74. The minimum Gasteiger partial charge on any atom is -0.507 e. The van der Waals surface area contributed by atoms with Gasteiger partial charge in [0.2, 0.25) is 0 Å². The van der Waals surface area contributed by atoms with Gasteiger partial charge in [0.1, 0.15) is 11.2 Å². The third-order valence-electron chi connectivity index (χ3n) is 4.72. The molecule has 0 amide bonds. The van der Waals surface area contributed by atoms with Gasteiger partial charge >= 0.3 is 0 Å². The molecule has 0 bridgehead atoms. The van der Waals surface area contributed by atoms with Crippen molar-refractivity contribution < 1.29 is 9.90 Å². The number of aromatic hydroxyl groups is 1. The largest absolute Gasteiger partial charge is 0.507 e. The third-order valence-corrected chi connectivity index (χ3v) is 5.37. The zero-order valence-electron chi connectivity index (χ0n) is 17.9. The van der Waals surface area contributed by atoms with Crippen molar-refractivity contribution in [3.8, 4) is 11.2 Å². The van der Waals surface area contributed by atoms with E-state index in [1.165, 1.54) is 0 Å². The van der Waals surface area contributed by atoms with E-state index in [-0.39, 0.29) is 22.4 Å². The SMILES string of the molecule is CCCn1cc(C(=O)c2cc(C(C)(C)C)c(O)c(C(C)(C)C)c2)cc1SC#N. The number of benzene rings is 1. The quantitative estimate of drug-likeness (QED) is 0.381. The van der Waals surface area contributed by atoms with Crippen LogP contribution in [0.1, 0.15) is 81.9 Å². The van der Waals surface area contributed by atoms with Gasteiger partial charge in [-0.05, 0) is 35.4 Å². The Labute approximate surface area is 172 Å². The predicted octanol–water partition coefficient (Wildman–Crippen LogP) is 6.00. The summed E-state index contributed by atoms with van der Waals surface area (Å²) in [7, 11) is 0. The summed E-state index contributed by atoms with van der Waals surface area (Å²) in [5, 5.41) is 22.8. The van der Waals surface area contributed by atoms with Crippen molar-refractivity contribution in [2.24, 2.45) is 0 Å². The average Bonchev–Trinajstić information content (AvgIpc) is 2.96. The number of hydrogen-bond acceptors (Lipinski definition) is 4. The summed E-state index contributed by atoms with van der Waals surface area (Å²) in [5.41, 5.74) is 2.07. The number of nitriles is 1. The highest BCUT2D eigenvalue weighted by Crippen LogP contribution is 2.40. The van der Waals surface area contributed by atoms with Gasteiger partial charge in [-0.1, -0.05) is 48.5 Å². The molecule has 2 aromatic rings. The second-order valence-electron chi connectivity index (χ2n) is 9.20. The maximum Gasteiger partial charge on any atom is 0.194 e. The van der Waals surface area contributed by atoms with Gasteiger partial charge in [-0.2, -0.15) is 5.26 Å². The number of thiocyanates is 1. The van der Waals surface area contributed by atoms with Crippen molar-refractivity contribution in [2.45, 2.75) is 77.3 Å². The Kier molecular flexibility index (Phi) is 6.35. The molecule has 0 fully saturated rings. The van der Waals surface area contributed by atoms with Gasteiger partial charge in [0.25, 0.3) is 0 Å². The van der Waals surface area contributed by atoms with Crippen LogP contribution in [0.3, 0.4) is 0 Å². The smallest absolute Gasteiger partial charge is 0.194 e. The molecule has 0 aliphatic rings. The monoisotopic (exact) mass is 398 g/mol. The van der Waals surface area contributed by atoms with Gasteiger partial charge in [-0.25, -0.2) is 0 Å². The molecule has 5 heteroatoms. The number of aromatic nitrogens is 1. The van der Waals surface area contributed by atoms with Crippen LogP contribution in [0.25, 0.3) is 0 Å². The molecule has 0 aliphatic heterocycles. The maximum absolute atomic E-state index is 13.3. The molecule has 0 radical (unpaired) electrons. The summed E-state index contributed by atoms with van der Waals surface area (Å²) in [6.45, 7) is 15.0. The van der Waals surface area contributed by atoms with Crippen LogP contribution in [0.15, 0.2) is 29.4 Å². The van der Waals surface area contributed by atoms with E-state index in [2.05, 4.69) is 12.3 Å². The van der Waals surface area contributed by atoms with E-state index in [1.807, 2.05) is 52.3 Å². The first-order valence-electron chi connectivity index (χ1n) is 9.59. The number of hydrogen-bond donors (Lipinski definition) is 1. The van der Waals surface area contributed by atoms with Gasteiger partial charge in [-0.3, -0.25) is 4.79 Å². The molecular weight excluding hydrogens is 368 g/mol. The highest BCUT2D eigenvalue weighted by Gasteiger charge is 2.28. The van der Waals surface area contributed by atoms with Crippen LogP contribution in [0, 0.1) is 10.7 Å². The summed E-state index contributed by atoms with van der Waals surface area (Å²) in [5.74, 6) is 0.173.